The molecule has 0 saturated heterocycles. The van der Waals surface area contributed by atoms with Crippen molar-refractivity contribution in [2.75, 3.05) is 19.0 Å². The number of benzene rings is 1. The topological polar surface area (TPSA) is 35.8 Å². The summed E-state index contributed by atoms with van der Waals surface area (Å²) in [4.78, 5) is 1.79. The molecule has 6 heteroatoms. The summed E-state index contributed by atoms with van der Waals surface area (Å²) < 4.78 is 0. The quantitative estimate of drug-likeness (QED) is 0.506. The van der Waals surface area contributed by atoms with Gasteiger partial charge in [0.2, 0.25) is 0 Å². The highest BCUT2D eigenvalue weighted by Gasteiger charge is 2.12. The molecule has 0 spiro atoms. The zero-order valence-corrected chi connectivity index (χ0v) is 10.4. The number of halogens is 3. The second-order valence-electron chi connectivity index (χ2n) is 3.07. The van der Waals surface area contributed by atoms with Crippen molar-refractivity contribution in [3.63, 3.8) is 0 Å². The van der Waals surface area contributed by atoms with E-state index in [0.717, 1.165) is 0 Å². The molecule has 15 heavy (non-hydrogen) atoms. The van der Waals surface area contributed by atoms with Crippen LogP contribution in [-0.4, -0.2) is 24.5 Å². The number of hydrogen-bond donors (Lipinski definition) is 1. The van der Waals surface area contributed by atoms with E-state index in [0.29, 0.717) is 21.3 Å². The van der Waals surface area contributed by atoms with Gasteiger partial charge in [-0.25, -0.2) is 0 Å². The lowest BCUT2D eigenvalue weighted by atomic mass is 10.2. The van der Waals surface area contributed by atoms with Crippen molar-refractivity contribution in [2.45, 2.75) is 0 Å². The van der Waals surface area contributed by atoms with Crippen LogP contribution < -0.4 is 4.90 Å². The van der Waals surface area contributed by atoms with Crippen molar-refractivity contribution in [1.82, 2.24) is 0 Å². The molecule has 0 aliphatic heterocycles. The second-order valence-corrected chi connectivity index (χ2v) is 4.25. The third-order valence-electron chi connectivity index (χ3n) is 1.79. The molecule has 0 amide bonds. The Morgan fingerprint density at radius 2 is 1.73 bits per heavy atom. The molecule has 0 saturated carbocycles. The molecular formula is C9H9Cl3N2O. The van der Waals surface area contributed by atoms with Crippen LogP contribution in [0.5, 0.6) is 0 Å². The lowest BCUT2D eigenvalue weighted by molar-refractivity contribution is 0.321. The van der Waals surface area contributed by atoms with Gasteiger partial charge in [0.25, 0.3) is 0 Å². The molecular weight excluding hydrogens is 258 g/mol. The van der Waals surface area contributed by atoms with E-state index in [-0.39, 0.29) is 5.17 Å². The van der Waals surface area contributed by atoms with Crippen molar-refractivity contribution < 1.29 is 5.21 Å². The van der Waals surface area contributed by atoms with Crippen molar-refractivity contribution in [3.05, 3.63) is 27.7 Å². The monoisotopic (exact) mass is 266 g/mol. The zero-order valence-electron chi connectivity index (χ0n) is 8.13. The number of hydrogen-bond acceptors (Lipinski definition) is 3. The maximum Gasteiger partial charge on any atom is 0.175 e. The Morgan fingerprint density at radius 1 is 1.27 bits per heavy atom. The SMILES string of the molecule is CN(C)c1c(Cl)cc(/C(Cl)=N\O)cc1Cl. The summed E-state index contributed by atoms with van der Waals surface area (Å²) in [7, 11) is 3.66. The molecule has 0 atom stereocenters. The normalized spacial score (nSPS) is 11.7. The van der Waals surface area contributed by atoms with Gasteiger partial charge in [0.15, 0.2) is 5.17 Å². The van der Waals surface area contributed by atoms with Gasteiger partial charge in [-0.05, 0) is 12.1 Å². The molecule has 0 bridgehead atoms. The molecule has 1 N–H and O–H groups in total. The van der Waals surface area contributed by atoms with Crippen LogP contribution in [0.2, 0.25) is 10.0 Å². The van der Waals surface area contributed by atoms with Crippen molar-refractivity contribution in [2.24, 2.45) is 5.16 Å². The van der Waals surface area contributed by atoms with E-state index >= 15 is 0 Å². The zero-order chi connectivity index (χ0) is 11.6. The van der Waals surface area contributed by atoms with Crippen LogP contribution in [0.4, 0.5) is 5.69 Å². The summed E-state index contributed by atoms with van der Waals surface area (Å²) in [6.07, 6.45) is 0. The number of rotatable bonds is 2. The van der Waals surface area contributed by atoms with Gasteiger partial charge in [-0.2, -0.15) is 0 Å². The highest BCUT2D eigenvalue weighted by molar-refractivity contribution is 6.69. The Balaban J connectivity index is 3.32. The predicted octanol–water partition coefficient (Wildman–Crippen LogP) is 3.43. The average molecular weight is 268 g/mol. The van der Waals surface area contributed by atoms with Crippen LogP contribution in [0.3, 0.4) is 0 Å². The summed E-state index contributed by atoms with van der Waals surface area (Å²) in [5.74, 6) is 0. The number of oxime groups is 1. The predicted molar refractivity (Wildman–Crippen MR) is 65.0 cm³/mol. The Labute approximate surface area is 103 Å². The van der Waals surface area contributed by atoms with Gasteiger partial charge in [0.05, 0.1) is 15.7 Å². The van der Waals surface area contributed by atoms with E-state index in [1.165, 1.54) is 0 Å². The van der Waals surface area contributed by atoms with Crippen molar-refractivity contribution >= 4 is 45.7 Å². The van der Waals surface area contributed by atoms with Gasteiger partial charge in [-0.15, -0.1) is 0 Å². The van der Waals surface area contributed by atoms with Crippen LogP contribution in [0, 0.1) is 0 Å². The van der Waals surface area contributed by atoms with Gasteiger partial charge in [-0.1, -0.05) is 40.0 Å². The second kappa shape index (κ2) is 4.92. The van der Waals surface area contributed by atoms with Gasteiger partial charge < -0.3 is 10.1 Å². The highest BCUT2D eigenvalue weighted by atomic mass is 35.5. The first kappa shape index (κ1) is 12.4. The number of nitrogens with zero attached hydrogens (tertiary/aromatic N) is 2. The van der Waals surface area contributed by atoms with Crippen LogP contribution in [0.15, 0.2) is 17.3 Å². The van der Waals surface area contributed by atoms with Crippen LogP contribution in [-0.2, 0) is 0 Å². The Hall–Kier alpha value is -0.640. The summed E-state index contributed by atoms with van der Waals surface area (Å²) in [6.45, 7) is 0. The van der Waals surface area contributed by atoms with Crippen LogP contribution >= 0.6 is 34.8 Å². The summed E-state index contributed by atoms with van der Waals surface area (Å²) in [6, 6.07) is 3.18. The molecule has 0 radical (unpaired) electrons. The third-order valence-corrected chi connectivity index (χ3v) is 2.66. The third kappa shape index (κ3) is 2.68. The Morgan fingerprint density at radius 3 is 2.07 bits per heavy atom. The largest absolute Gasteiger partial charge is 0.410 e. The lowest BCUT2D eigenvalue weighted by Gasteiger charge is -2.16. The van der Waals surface area contributed by atoms with E-state index < -0.39 is 0 Å². The fourth-order valence-electron chi connectivity index (χ4n) is 1.17. The first-order chi connectivity index (χ1) is 6.97. The smallest absolute Gasteiger partial charge is 0.175 e. The minimum atomic E-state index is -0.0518. The van der Waals surface area contributed by atoms with E-state index in [1.807, 2.05) is 14.1 Å². The molecule has 0 unspecified atom stereocenters. The maximum atomic E-state index is 8.51. The molecule has 1 aromatic carbocycles. The van der Waals surface area contributed by atoms with E-state index in [2.05, 4.69) is 5.16 Å². The molecule has 0 fully saturated rings. The van der Waals surface area contributed by atoms with Crippen LogP contribution in [0.25, 0.3) is 0 Å². The van der Waals surface area contributed by atoms with Gasteiger partial charge >= 0.3 is 0 Å². The first-order valence-corrected chi connectivity index (χ1v) is 5.15. The molecule has 0 heterocycles. The lowest BCUT2D eigenvalue weighted by Crippen LogP contribution is -2.10. The van der Waals surface area contributed by atoms with E-state index in [1.54, 1.807) is 17.0 Å². The van der Waals surface area contributed by atoms with Gasteiger partial charge in [0, 0.05) is 19.7 Å². The average Bonchev–Trinajstić information content (AvgIpc) is 2.14. The molecule has 1 rings (SSSR count). The maximum absolute atomic E-state index is 8.51. The fraction of sp³-hybridized carbons (Fsp3) is 0.222. The molecule has 3 nitrogen and oxygen atoms in total. The summed E-state index contributed by atoms with van der Waals surface area (Å²) >= 11 is 17.7. The van der Waals surface area contributed by atoms with Crippen molar-refractivity contribution in [3.8, 4) is 0 Å². The summed E-state index contributed by atoms with van der Waals surface area (Å²) in [5, 5.41) is 12.2. The Bertz CT molecular complexity index is 381. The van der Waals surface area contributed by atoms with Crippen molar-refractivity contribution in [1.29, 1.82) is 0 Å². The van der Waals surface area contributed by atoms with Gasteiger partial charge in [-0.3, -0.25) is 0 Å². The van der Waals surface area contributed by atoms with Gasteiger partial charge in [0.1, 0.15) is 0 Å². The number of anilines is 1. The molecule has 82 valence electrons. The molecule has 0 aliphatic rings. The molecule has 1 aromatic rings. The molecule has 0 aliphatic carbocycles. The first-order valence-electron chi connectivity index (χ1n) is 4.01. The van der Waals surface area contributed by atoms with E-state index in [9.17, 15) is 0 Å². The van der Waals surface area contributed by atoms with E-state index in [4.69, 9.17) is 40.0 Å². The molecule has 0 aromatic heterocycles. The Kier molecular flexibility index (Phi) is 4.08. The highest BCUT2D eigenvalue weighted by Crippen LogP contribution is 2.34. The summed E-state index contributed by atoms with van der Waals surface area (Å²) in [5.41, 5.74) is 1.17. The fourth-order valence-corrected chi connectivity index (χ4v) is 2.10. The minimum absolute atomic E-state index is 0.0518. The standard InChI is InChI=1S/C9H9Cl3N2O/c1-14(2)8-6(10)3-5(4-7(8)11)9(12)13-15/h3-4,15H,1-2H3/b13-9+. The minimum Gasteiger partial charge on any atom is -0.410 e. The van der Waals surface area contributed by atoms with Crippen LogP contribution in [0.1, 0.15) is 5.56 Å².